The molecule has 2 heterocycles. The highest BCUT2D eigenvalue weighted by Crippen LogP contribution is 2.48. The van der Waals surface area contributed by atoms with Crippen molar-refractivity contribution in [2.24, 2.45) is 0 Å². The summed E-state index contributed by atoms with van der Waals surface area (Å²) in [6.45, 7) is 2.55. The lowest BCUT2D eigenvalue weighted by Gasteiger charge is -2.37. The summed E-state index contributed by atoms with van der Waals surface area (Å²) in [6.07, 6.45) is 2.08. The lowest BCUT2D eigenvalue weighted by atomic mass is 9.84. The van der Waals surface area contributed by atoms with E-state index in [0.29, 0.717) is 13.0 Å². The molecule has 2 aliphatic heterocycles. The minimum atomic E-state index is -1.15. The maximum atomic E-state index is 13.5. The second-order valence-corrected chi connectivity index (χ2v) is 7.17. The minimum Gasteiger partial charge on any atom is -0.356 e. The summed E-state index contributed by atoms with van der Waals surface area (Å²) in [7, 11) is 0. The molecule has 1 fully saturated rings. The summed E-state index contributed by atoms with van der Waals surface area (Å²) in [5.74, 6) is -0.00359. The number of anilines is 1. The predicted molar refractivity (Wildman–Crippen MR) is 99.8 cm³/mol. The maximum absolute atomic E-state index is 13.5. The van der Waals surface area contributed by atoms with Gasteiger partial charge in [0.2, 0.25) is 0 Å². The van der Waals surface area contributed by atoms with E-state index in [-0.39, 0.29) is 24.2 Å². The monoisotopic (exact) mass is 349 g/mol. The van der Waals surface area contributed by atoms with Gasteiger partial charge in [0.25, 0.3) is 5.91 Å². The Hall–Kier alpha value is -2.46. The molecule has 0 aromatic heterocycles. The predicted octanol–water partition coefficient (Wildman–Crippen LogP) is 3.98. The molecule has 2 aromatic carbocycles. The number of ketones is 1. The van der Waals surface area contributed by atoms with Gasteiger partial charge in [-0.25, -0.2) is 0 Å². The number of fused-ring (bicyclic) bond motifs is 2. The molecule has 26 heavy (non-hydrogen) atoms. The molecule has 2 unspecified atom stereocenters. The van der Waals surface area contributed by atoms with Crippen LogP contribution in [0.2, 0.25) is 0 Å². The van der Waals surface area contributed by atoms with Gasteiger partial charge >= 0.3 is 0 Å². The third kappa shape index (κ3) is 2.74. The van der Waals surface area contributed by atoms with Crippen molar-refractivity contribution >= 4 is 17.4 Å². The van der Waals surface area contributed by atoms with Gasteiger partial charge in [0.05, 0.1) is 18.3 Å². The van der Waals surface area contributed by atoms with Crippen molar-refractivity contribution in [3.63, 3.8) is 0 Å². The van der Waals surface area contributed by atoms with Crippen LogP contribution in [0.15, 0.2) is 54.6 Å². The van der Waals surface area contributed by atoms with Gasteiger partial charge in [-0.15, -0.1) is 0 Å². The molecular weight excluding hydrogens is 326 g/mol. The Morgan fingerprint density at radius 2 is 1.81 bits per heavy atom. The fraction of sp³-hybridized carbons (Fsp3) is 0.364. The van der Waals surface area contributed by atoms with Crippen LogP contribution >= 0.6 is 0 Å². The van der Waals surface area contributed by atoms with E-state index in [1.165, 1.54) is 0 Å². The lowest BCUT2D eigenvalue weighted by molar-refractivity contribution is -0.171. The van der Waals surface area contributed by atoms with Crippen molar-refractivity contribution in [1.29, 1.82) is 0 Å². The molecule has 4 nitrogen and oxygen atoms in total. The van der Waals surface area contributed by atoms with Crippen LogP contribution in [0.4, 0.5) is 5.69 Å². The van der Waals surface area contributed by atoms with Gasteiger partial charge in [-0.2, -0.15) is 0 Å². The molecule has 0 N–H and O–H groups in total. The molecule has 2 aliphatic rings. The van der Waals surface area contributed by atoms with Crippen LogP contribution in [0.1, 0.15) is 43.7 Å². The van der Waals surface area contributed by atoms with Crippen LogP contribution in [0, 0.1) is 0 Å². The first-order chi connectivity index (χ1) is 12.6. The number of carbonyl (C=O) groups excluding carboxylic acids is 2. The first-order valence-corrected chi connectivity index (χ1v) is 9.29. The molecule has 2 atom stereocenters. The van der Waals surface area contributed by atoms with E-state index in [4.69, 9.17) is 4.74 Å². The Balaban J connectivity index is 1.74. The molecular formula is C22H23NO3. The van der Waals surface area contributed by atoms with E-state index in [2.05, 4.69) is 6.92 Å². The van der Waals surface area contributed by atoms with Crippen LogP contribution in [0.3, 0.4) is 0 Å². The molecule has 0 bridgehead atoms. The Kier molecular flexibility index (Phi) is 4.37. The number of para-hydroxylation sites is 1. The van der Waals surface area contributed by atoms with Gasteiger partial charge in [0.15, 0.2) is 5.60 Å². The first-order valence-electron chi connectivity index (χ1n) is 9.29. The summed E-state index contributed by atoms with van der Waals surface area (Å²) in [5.41, 5.74) is 1.59. The Morgan fingerprint density at radius 3 is 2.58 bits per heavy atom. The standard InChI is InChI=1S/C22H23NO3/c1-2-8-18-13-17(24)14-22(26-18)19-11-6-7-12-20(19)23(21(22)25)15-16-9-4-3-5-10-16/h3-7,9-12,18H,2,8,13-15H2,1H3. The zero-order valence-corrected chi connectivity index (χ0v) is 15.0. The van der Waals surface area contributed by atoms with Gasteiger partial charge in [0.1, 0.15) is 5.78 Å². The van der Waals surface area contributed by atoms with E-state index in [9.17, 15) is 9.59 Å². The van der Waals surface area contributed by atoms with Gasteiger partial charge in [-0.05, 0) is 18.1 Å². The quantitative estimate of drug-likeness (QED) is 0.839. The second-order valence-electron chi connectivity index (χ2n) is 7.17. The van der Waals surface area contributed by atoms with Crippen molar-refractivity contribution < 1.29 is 14.3 Å². The molecule has 1 amide bonds. The van der Waals surface area contributed by atoms with Crippen molar-refractivity contribution in [2.75, 3.05) is 4.90 Å². The molecule has 1 saturated heterocycles. The van der Waals surface area contributed by atoms with Gasteiger partial charge < -0.3 is 9.64 Å². The van der Waals surface area contributed by atoms with E-state index < -0.39 is 5.60 Å². The molecule has 1 spiro atoms. The average molecular weight is 349 g/mol. The van der Waals surface area contributed by atoms with Crippen LogP contribution in [0.5, 0.6) is 0 Å². The third-order valence-corrected chi connectivity index (χ3v) is 5.28. The third-order valence-electron chi connectivity index (χ3n) is 5.28. The number of hydrogen-bond donors (Lipinski definition) is 0. The van der Waals surface area contributed by atoms with Crippen LogP contribution in [0.25, 0.3) is 0 Å². The zero-order chi connectivity index (χ0) is 18.1. The lowest BCUT2D eigenvalue weighted by Crippen LogP contribution is -2.49. The number of hydrogen-bond acceptors (Lipinski definition) is 3. The van der Waals surface area contributed by atoms with E-state index in [0.717, 1.165) is 29.7 Å². The number of amides is 1. The first kappa shape index (κ1) is 17.0. The topological polar surface area (TPSA) is 46.6 Å². The van der Waals surface area contributed by atoms with E-state index in [1.807, 2.05) is 54.6 Å². The normalized spacial score (nSPS) is 25.0. The van der Waals surface area contributed by atoms with Crippen molar-refractivity contribution in [2.45, 2.75) is 50.9 Å². The number of ether oxygens (including phenoxy) is 1. The van der Waals surface area contributed by atoms with Gasteiger partial charge in [-0.1, -0.05) is 61.9 Å². The minimum absolute atomic E-state index is 0.111. The van der Waals surface area contributed by atoms with Crippen molar-refractivity contribution in [3.8, 4) is 0 Å². The molecule has 0 aliphatic carbocycles. The number of benzene rings is 2. The molecule has 2 aromatic rings. The summed E-state index contributed by atoms with van der Waals surface area (Å²) in [6, 6.07) is 17.6. The number of nitrogens with zero attached hydrogens (tertiary/aromatic N) is 1. The highest BCUT2D eigenvalue weighted by Gasteiger charge is 2.56. The van der Waals surface area contributed by atoms with Crippen LogP contribution < -0.4 is 4.90 Å². The largest absolute Gasteiger partial charge is 0.356 e. The highest BCUT2D eigenvalue weighted by molar-refractivity contribution is 6.09. The van der Waals surface area contributed by atoms with Crippen LogP contribution in [-0.2, 0) is 26.5 Å². The summed E-state index contributed by atoms with van der Waals surface area (Å²) in [4.78, 5) is 27.7. The smallest absolute Gasteiger partial charge is 0.264 e. The van der Waals surface area contributed by atoms with Crippen LogP contribution in [-0.4, -0.2) is 17.8 Å². The Bertz CT molecular complexity index is 832. The van der Waals surface area contributed by atoms with Crippen molar-refractivity contribution in [3.05, 3.63) is 65.7 Å². The maximum Gasteiger partial charge on any atom is 0.264 e. The Morgan fingerprint density at radius 1 is 1.08 bits per heavy atom. The number of rotatable bonds is 4. The average Bonchev–Trinajstić information content (AvgIpc) is 2.85. The van der Waals surface area contributed by atoms with Crippen molar-refractivity contribution in [1.82, 2.24) is 0 Å². The second kappa shape index (κ2) is 6.69. The van der Waals surface area contributed by atoms with E-state index in [1.54, 1.807) is 4.90 Å². The summed E-state index contributed by atoms with van der Waals surface area (Å²) < 4.78 is 6.34. The Labute approximate surface area is 153 Å². The summed E-state index contributed by atoms with van der Waals surface area (Å²) >= 11 is 0. The SMILES string of the molecule is CCCC1CC(=O)CC2(O1)C(=O)N(Cc1ccccc1)c1ccccc12. The highest BCUT2D eigenvalue weighted by atomic mass is 16.5. The molecule has 4 rings (SSSR count). The molecule has 4 heteroatoms. The molecule has 134 valence electrons. The van der Waals surface area contributed by atoms with E-state index >= 15 is 0 Å². The zero-order valence-electron chi connectivity index (χ0n) is 15.0. The number of carbonyl (C=O) groups is 2. The van der Waals surface area contributed by atoms with Gasteiger partial charge in [-0.3, -0.25) is 9.59 Å². The van der Waals surface area contributed by atoms with Gasteiger partial charge in [0, 0.05) is 18.4 Å². The summed E-state index contributed by atoms with van der Waals surface area (Å²) in [5, 5.41) is 0. The fourth-order valence-electron chi connectivity index (χ4n) is 4.16. The fourth-order valence-corrected chi connectivity index (χ4v) is 4.16. The molecule has 0 saturated carbocycles. The number of Topliss-reactive ketones (excluding diaryl/α,β-unsaturated/α-hetero) is 1. The molecule has 0 radical (unpaired) electrons.